The first kappa shape index (κ1) is 11.4. The SMILES string of the molecule is CCN1CCN(CCNC2CC2)CC1C. The van der Waals surface area contributed by atoms with Crippen molar-refractivity contribution in [2.24, 2.45) is 0 Å². The molecule has 3 heteroatoms. The molecule has 15 heavy (non-hydrogen) atoms. The molecule has 1 saturated carbocycles. The highest BCUT2D eigenvalue weighted by Gasteiger charge is 2.23. The quantitative estimate of drug-likeness (QED) is 0.724. The Kier molecular flexibility index (Phi) is 4.00. The van der Waals surface area contributed by atoms with Crippen LogP contribution in [0.15, 0.2) is 0 Å². The van der Waals surface area contributed by atoms with Gasteiger partial charge in [-0.2, -0.15) is 0 Å². The van der Waals surface area contributed by atoms with Crippen molar-refractivity contribution in [2.45, 2.75) is 38.8 Å². The van der Waals surface area contributed by atoms with Crippen molar-refractivity contribution in [3.8, 4) is 0 Å². The van der Waals surface area contributed by atoms with Crippen molar-refractivity contribution in [2.75, 3.05) is 39.3 Å². The molecule has 0 radical (unpaired) electrons. The Balaban J connectivity index is 1.61. The van der Waals surface area contributed by atoms with Gasteiger partial charge >= 0.3 is 0 Å². The summed E-state index contributed by atoms with van der Waals surface area (Å²) in [6, 6.07) is 1.60. The second-order valence-electron chi connectivity index (χ2n) is 5.01. The van der Waals surface area contributed by atoms with E-state index in [0.29, 0.717) is 0 Å². The predicted molar refractivity (Wildman–Crippen MR) is 64.2 cm³/mol. The Morgan fingerprint density at radius 1 is 1.27 bits per heavy atom. The summed E-state index contributed by atoms with van der Waals surface area (Å²) in [6.45, 7) is 12.0. The summed E-state index contributed by atoms with van der Waals surface area (Å²) in [5, 5.41) is 3.59. The summed E-state index contributed by atoms with van der Waals surface area (Å²) < 4.78 is 0. The maximum Gasteiger partial charge on any atom is 0.0195 e. The lowest BCUT2D eigenvalue weighted by atomic mass is 10.2. The zero-order valence-electron chi connectivity index (χ0n) is 10.2. The molecule has 1 atom stereocenters. The van der Waals surface area contributed by atoms with E-state index in [1.165, 1.54) is 52.1 Å². The van der Waals surface area contributed by atoms with Crippen molar-refractivity contribution in [3.05, 3.63) is 0 Å². The molecule has 1 saturated heterocycles. The van der Waals surface area contributed by atoms with E-state index in [1.54, 1.807) is 0 Å². The van der Waals surface area contributed by atoms with E-state index in [2.05, 4.69) is 29.0 Å². The summed E-state index contributed by atoms with van der Waals surface area (Å²) in [7, 11) is 0. The third-order valence-corrected chi connectivity index (χ3v) is 3.69. The van der Waals surface area contributed by atoms with Crippen LogP contribution in [0.25, 0.3) is 0 Å². The fourth-order valence-electron chi connectivity index (χ4n) is 2.46. The highest BCUT2D eigenvalue weighted by atomic mass is 15.3. The standard InChI is InChI=1S/C12H25N3/c1-3-15-9-8-14(10-11(15)2)7-6-13-12-4-5-12/h11-13H,3-10H2,1-2H3. The molecule has 1 aliphatic heterocycles. The normalized spacial score (nSPS) is 29.6. The van der Waals surface area contributed by atoms with Crippen LogP contribution in [0.4, 0.5) is 0 Å². The van der Waals surface area contributed by atoms with E-state index in [4.69, 9.17) is 0 Å². The Morgan fingerprint density at radius 2 is 2.07 bits per heavy atom. The number of piperazine rings is 1. The topological polar surface area (TPSA) is 18.5 Å². The lowest BCUT2D eigenvalue weighted by molar-refractivity contribution is 0.0887. The molecule has 0 aromatic rings. The van der Waals surface area contributed by atoms with Crippen LogP contribution in [0.1, 0.15) is 26.7 Å². The molecule has 1 unspecified atom stereocenters. The number of hydrogen-bond acceptors (Lipinski definition) is 3. The minimum Gasteiger partial charge on any atom is -0.313 e. The molecule has 3 nitrogen and oxygen atoms in total. The molecule has 88 valence electrons. The number of nitrogens with zero attached hydrogens (tertiary/aromatic N) is 2. The van der Waals surface area contributed by atoms with Crippen LogP contribution in [-0.2, 0) is 0 Å². The van der Waals surface area contributed by atoms with Gasteiger partial charge in [0.1, 0.15) is 0 Å². The zero-order valence-corrected chi connectivity index (χ0v) is 10.2. The molecule has 1 aliphatic carbocycles. The largest absolute Gasteiger partial charge is 0.313 e. The molecule has 2 rings (SSSR count). The van der Waals surface area contributed by atoms with Crippen LogP contribution in [0.5, 0.6) is 0 Å². The number of nitrogens with one attached hydrogen (secondary N) is 1. The average molecular weight is 211 g/mol. The Bertz CT molecular complexity index is 191. The van der Waals surface area contributed by atoms with Gasteiger partial charge in [0.2, 0.25) is 0 Å². The molecule has 0 aromatic heterocycles. The smallest absolute Gasteiger partial charge is 0.0195 e. The van der Waals surface area contributed by atoms with Crippen LogP contribution in [0, 0.1) is 0 Å². The van der Waals surface area contributed by atoms with Crippen molar-refractivity contribution in [1.82, 2.24) is 15.1 Å². The molecule has 0 bridgehead atoms. The minimum atomic E-state index is 0.740. The third kappa shape index (κ3) is 3.44. The highest BCUT2D eigenvalue weighted by Crippen LogP contribution is 2.18. The summed E-state index contributed by atoms with van der Waals surface area (Å²) in [5.41, 5.74) is 0. The monoisotopic (exact) mass is 211 g/mol. The number of likely N-dealkylation sites (N-methyl/N-ethyl adjacent to an activating group) is 1. The maximum atomic E-state index is 3.59. The van der Waals surface area contributed by atoms with Crippen molar-refractivity contribution < 1.29 is 0 Å². The third-order valence-electron chi connectivity index (χ3n) is 3.69. The van der Waals surface area contributed by atoms with Gasteiger partial charge in [-0.25, -0.2) is 0 Å². The van der Waals surface area contributed by atoms with E-state index in [9.17, 15) is 0 Å². The lowest BCUT2D eigenvalue weighted by Crippen LogP contribution is -2.52. The van der Waals surface area contributed by atoms with Crippen molar-refractivity contribution >= 4 is 0 Å². The van der Waals surface area contributed by atoms with Gasteiger partial charge in [-0.05, 0) is 26.3 Å². The minimum absolute atomic E-state index is 0.740. The molecule has 0 amide bonds. The summed E-state index contributed by atoms with van der Waals surface area (Å²) in [6.07, 6.45) is 2.81. The number of hydrogen-bond donors (Lipinski definition) is 1. The first-order valence-electron chi connectivity index (χ1n) is 6.49. The lowest BCUT2D eigenvalue weighted by Gasteiger charge is -2.39. The second kappa shape index (κ2) is 5.28. The second-order valence-corrected chi connectivity index (χ2v) is 5.01. The first-order valence-corrected chi connectivity index (χ1v) is 6.49. The Hall–Kier alpha value is -0.120. The molecule has 2 aliphatic rings. The van der Waals surface area contributed by atoms with E-state index in [0.717, 1.165) is 12.1 Å². The first-order chi connectivity index (χ1) is 7.29. The fourth-order valence-corrected chi connectivity index (χ4v) is 2.46. The van der Waals surface area contributed by atoms with Gasteiger partial charge in [-0.1, -0.05) is 6.92 Å². The van der Waals surface area contributed by atoms with Gasteiger partial charge in [0.05, 0.1) is 0 Å². The molecule has 0 aromatic carbocycles. The van der Waals surface area contributed by atoms with Gasteiger partial charge in [0.25, 0.3) is 0 Å². The van der Waals surface area contributed by atoms with Crippen LogP contribution >= 0.6 is 0 Å². The van der Waals surface area contributed by atoms with E-state index >= 15 is 0 Å². The van der Waals surface area contributed by atoms with Gasteiger partial charge < -0.3 is 5.32 Å². The van der Waals surface area contributed by atoms with Gasteiger partial charge in [-0.15, -0.1) is 0 Å². The molecule has 2 fully saturated rings. The maximum absolute atomic E-state index is 3.59. The van der Waals surface area contributed by atoms with Crippen LogP contribution in [0.3, 0.4) is 0 Å². The van der Waals surface area contributed by atoms with Gasteiger partial charge in [-0.3, -0.25) is 9.80 Å². The summed E-state index contributed by atoms with van der Waals surface area (Å²) in [5.74, 6) is 0. The summed E-state index contributed by atoms with van der Waals surface area (Å²) >= 11 is 0. The van der Waals surface area contributed by atoms with Gasteiger partial charge in [0.15, 0.2) is 0 Å². The fraction of sp³-hybridized carbons (Fsp3) is 1.00. The van der Waals surface area contributed by atoms with Crippen LogP contribution in [0.2, 0.25) is 0 Å². The van der Waals surface area contributed by atoms with E-state index < -0.39 is 0 Å². The van der Waals surface area contributed by atoms with Gasteiger partial charge in [0, 0.05) is 44.8 Å². The van der Waals surface area contributed by atoms with Crippen molar-refractivity contribution in [1.29, 1.82) is 0 Å². The Morgan fingerprint density at radius 3 is 2.67 bits per heavy atom. The molecular weight excluding hydrogens is 186 g/mol. The van der Waals surface area contributed by atoms with Crippen LogP contribution in [-0.4, -0.2) is 61.2 Å². The predicted octanol–water partition coefficient (Wildman–Crippen LogP) is 0.764. The molecule has 1 heterocycles. The van der Waals surface area contributed by atoms with Crippen LogP contribution < -0.4 is 5.32 Å². The average Bonchev–Trinajstić information content (AvgIpc) is 3.02. The Labute approximate surface area is 93.8 Å². The van der Waals surface area contributed by atoms with E-state index in [-0.39, 0.29) is 0 Å². The molecule has 1 N–H and O–H groups in total. The van der Waals surface area contributed by atoms with Crippen molar-refractivity contribution in [3.63, 3.8) is 0 Å². The molecule has 0 spiro atoms. The highest BCUT2D eigenvalue weighted by molar-refractivity contribution is 4.82. The number of rotatable bonds is 5. The zero-order chi connectivity index (χ0) is 10.7. The molecular formula is C12H25N3. The van der Waals surface area contributed by atoms with E-state index in [1.807, 2.05) is 0 Å². The summed E-state index contributed by atoms with van der Waals surface area (Å²) in [4.78, 5) is 5.18.